The van der Waals surface area contributed by atoms with E-state index in [4.69, 9.17) is 5.11 Å². The molecule has 0 aromatic heterocycles. The van der Waals surface area contributed by atoms with Gasteiger partial charge in [0.2, 0.25) is 0 Å². The molecule has 0 radical (unpaired) electrons. The maximum absolute atomic E-state index is 8.75. The maximum Gasteiger partial charge on any atom is 0.0438 e. The lowest BCUT2D eigenvalue weighted by molar-refractivity contribution is 0.287. The molecule has 0 heterocycles. The van der Waals surface area contributed by atoms with Crippen molar-refractivity contribution in [3.05, 3.63) is 0 Å². The first-order valence-electron chi connectivity index (χ1n) is 6.80. The number of aliphatic hydroxyl groups is 1. The van der Waals surface area contributed by atoms with Crippen molar-refractivity contribution >= 4 is 11.8 Å². The number of nitrogens with one attached hydrogen (secondary N) is 1. The fourth-order valence-electron chi connectivity index (χ4n) is 2.54. The highest BCUT2D eigenvalue weighted by Gasteiger charge is 2.22. The molecule has 0 saturated heterocycles. The fourth-order valence-corrected chi connectivity index (χ4v) is 3.68. The summed E-state index contributed by atoms with van der Waals surface area (Å²) in [5, 5.41) is 12.4. The summed E-state index contributed by atoms with van der Waals surface area (Å²) in [7, 11) is 0. The van der Waals surface area contributed by atoms with E-state index in [0.29, 0.717) is 12.6 Å². The van der Waals surface area contributed by atoms with Crippen LogP contribution in [0.2, 0.25) is 0 Å². The molecule has 1 aliphatic rings. The molecule has 0 amide bonds. The van der Waals surface area contributed by atoms with Gasteiger partial charge in [-0.05, 0) is 37.5 Å². The van der Waals surface area contributed by atoms with Crippen LogP contribution in [0.3, 0.4) is 0 Å². The van der Waals surface area contributed by atoms with Gasteiger partial charge in [0.25, 0.3) is 0 Å². The number of hydrogen-bond donors (Lipinski definition) is 2. The molecular formula is C13H27NOS. The highest BCUT2D eigenvalue weighted by molar-refractivity contribution is 7.99. The summed E-state index contributed by atoms with van der Waals surface area (Å²) in [6.45, 7) is 3.62. The molecule has 1 rings (SSSR count). The van der Waals surface area contributed by atoms with Crippen LogP contribution >= 0.6 is 11.8 Å². The van der Waals surface area contributed by atoms with Gasteiger partial charge in [0.1, 0.15) is 0 Å². The van der Waals surface area contributed by atoms with E-state index in [9.17, 15) is 0 Å². The van der Waals surface area contributed by atoms with Crippen molar-refractivity contribution in [3.8, 4) is 0 Å². The molecule has 0 aliphatic heterocycles. The Kier molecular flexibility index (Phi) is 8.34. The molecule has 0 aromatic carbocycles. The highest BCUT2D eigenvalue weighted by atomic mass is 32.2. The zero-order chi connectivity index (χ0) is 11.6. The third kappa shape index (κ3) is 5.55. The normalized spacial score (nSPS) is 19.9. The van der Waals surface area contributed by atoms with E-state index in [-0.39, 0.29) is 0 Å². The van der Waals surface area contributed by atoms with E-state index in [1.165, 1.54) is 37.9 Å². The van der Waals surface area contributed by atoms with Gasteiger partial charge in [-0.15, -0.1) is 0 Å². The quantitative estimate of drug-likeness (QED) is 0.645. The minimum Gasteiger partial charge on any atom is -0.396 e. The van der Waals surface area contributed by atoms with Crippen molar-refractivity contribution in [2.45, 2.75) is 51.5 Å². The Hall–Kier alpha value is 0.270. The van der Waals surface area contributed by atoms with Gasteiger partial charge in [-0.3, -0.25) is 0 Å². The molecule has 1 unspecified atom stereocenters. The van der Waals surface area contributed by atoms with Crippen LogP contribution in [0.1, 0.15) is 45.4 Å². The van der Waals surface area contributed by atoms with Gasteiger partial charge >= 0.3 is 0 Å². The van der Waals surface area contributed by atoms with Crippen LogP contribution in [-0.4, -0.2) is 35.8 Å². The SMILES string of the molecule is CCNC(CSCCCO)C1CCCCC1. The first kappa shape index (κ1) is 14.3. The fraction of sp³-hybridized carbons (Fsp3) is 1.00. The van der Waals surface area contributed by atoms with Crippen molar-refractivity contribution in [1.82, 2.24) is 5.32 Å². The smallest absolute Gasteiger partial charge is 0.0438 e. The second kappa shape index (κ2) is 9.32. The zero-order valence-electron chi connectivity index (χ0n) is 10.6. The van der Waals surface area contributed by atoms with Gasteiger partial charge < -0.3 is 10.4 Å². The number of hydrogen-bond acceptors (Lipinski definition) is 3. The van der Waals surface area contributed by atoms with Gasteiger partial charge in [0, 0.05) is 18.4 Å². The summed E-state index contributed by atoms with van der Waals surface area (Å²) in [5.41, 5.74) is 0. The van der Waals surface area contributed by atoms with Crippen LogP contribution in [0.25, 0.3) is 0 Å². The molecule has 16 heavy (non-hydrogen) atoms. The minimum atomic E-state index is 0.336. The molecule has 1 atom stereocenters. The Balaban J connectivity index is 2.22. The Morgan fingerprint density at radius 2 is 2.06 bits per heavy atom. The summed E-state index contributed by atoms with van der Waals surface area (Å²) in [6, 6.07) is 0.703. The Bertz CT molecular complexity index is 160. The summed E-state index contributed by atoms with van der Waals surface area (Å²) < 4.78 is 0. The Labute approximate surface area is 105 Å². The lowest BCUT2D eigenvalue weighted by atomic mass is 9.84. The summed E-state index contributed by atoms with van der Waals surface area (Å²) >= 11 is 2.00. The van der Waals surface area contributed by atoms with Crippen molar-refractivity contribution in [3.63, 3.8) is 0 Å². The molecule has 1 fully saturated rings. The van der Waals surface area contributed by atoms with Crippen LogP contribution in [0, 0.1) is 5.92 Å². The van der Waals surface area contributed by atoms with Gasteiger partial charge in [0.05, 0.1) is 0 Å². The first-order chi connectivity index (χ1) is 7.88. The summed E-state index contributed by atoms with van der Waals surface area (Å²) in [6.07, 6.45) is 8.05. The monoisotopic (exact) mass is 245 g/mol. The number of rotatable bonds is 8. The Morgan fingerprint density at radius 1 is 1.31 bits per heavy atom. The number of aliphatic hydroxyl groups excluding tert-OH is 1. The largest absolute Gasteiger partial charge is 0.396 e. The molecule has 0 bridgehead atoms. The van der Waals surface area contributed by atoms with E-state index in [0.717, 1.165) is 24.6 Å². The molecule has 3 heteroatoms. The molecule has 96 valence electrons. The average molecular weight is 245 g/mol. The minimum absolute atomic E-state index is 0.336. The van der Waals surface area contributed by atoms with Gasteiger partial charge in [0.15, 0.2) is 0 Å². The third-order valence-corrected chi connectivity index (χ3v) is 4.60. The lowest BCUT2D eigenvalue weighted by Gasteiger charge is -2.30. The Morgan fingerprint density at radius 3 is 2.69 bits per heavy atom. The third-order valence-electron chi connectivity index (χ3n) is 3.43. The van der Waals surface area contributed by atoms with E-state index < -0.39 is 0 Å². The van der Waals surface area contributed by atoms with E-state index >= 15 is 0 Å². The number of thioether (sulfide) groups is 1. The second-order valence-electron chi connectivity index (χ2n) is 4.71. The standard InChI is InChI=1S/C13H27NOS/c1-2-14-13(11-16-10-6-9-15)12-7-4-3-5-8-12/h12-15H,2-11H2,1H3. The van der Waals surface area contributed by atoms with E-state index in [1.54, 1.807) is 0 Å². The average Bonchev–Trinajstić information content (AvgIpc) is 2.34. The van der Waals surface area contributed by atoms with Gasteiger partial charge in [-0.1, -0.05) is 26.2 Å². The van der Waals surface area contributed by atoms with Crippen LogP contribution in [0.15, 0.2) is 0 Å². The van der Waals surface area contributed by atoms with E-state index in [2.05, 4.69) is 12.2 Å². The lowest BCUT2D eigenvalue weighted by Crippen LogP contribution is -2.39. The summed E-state index contributed by atoms with van der Waals surface area (Å²) in [4.78, 5) is 0. The molecule has 1 aliphatic carbocycles. The van der Waals surface area contributed by atoms with Crippen molar-refractivity contribution < 1.29 is 5.11 Å². The van der Waals surface area contributed by atoms with Crippen molar-refractivity contribution in [1.29, 1.82) is 0 Å². The molecule has 0 aromatic rings. The topological polar surface area (TPSA) is 32.3 Å². The second-order valence-corrected chi connectivity index (χ2v) is 5.86. The van der Waals surface area contributed by atoms with Crippen LogP contribution < -0.4 is 5.32 Å². The van der Waals surface area contributed by atoms with Crippen LogP contribution in [0.5, 0.6) is 0 Å². The molecule has 2 N–H and O–H groups in total. The van der Waals surface area contributed by atoms with E-state index in [1.807, 2.05) is 11.8 Å². The van der Waals surface area contributed by atoms with Gasteiger partial charge in [-0.2, -0.15) is 11.8 Å². The van der Waals surface area contributed by atoms with Crippen molar-refractivity contribution in [2.24, 2.45) is 5.92 Å². The van der Waals surface area contributed by atoms with Gasteiger partial charge in [-0.25, -0.2) is 0 Å². The van der Waals surface area contributed by atoms with Crippen molar-refractivity contribution in [2.75, 3.05) is 24.7 Å². The van der Waals surface area contributed by atoms with Crippen LogP contribution in [-0.2, 0) is 0 Å². The summed E-state index contributed by atoms with van der Waals surface area (Å²) in [5.74, 6) is 3.22. The molecule has 1 saturated carbocycles. The predicted molar refractivity (Wildman–Crippen MR) is 73.1 cm³/mol. The zero-order valence-corrected chi connectivity index (χ0v) is 11.4. The molecule has 2 nitrogen and oxygen atoms in total. The first-order valence-corrected chi connectivity index (χ1v) is 7.96. The van der Waals surface area contributed by atoms with Crippen LogP contribution in [0.4, 0.5) is 0 Å². The molecule has 0 spiro atoms. The highest BCUT2D eigenvalue weighted by Crippen LogP contribution is 2.28. The predicted octanol–water partition coefficient (Wildman–Crippen LogP) is 2.66. The maximum atomic E-state index is 8.75. The molecular weight excluding hydrogens is 218 g/mol.